The first-order chi connectivity index (χ1) is 8.16. The topological polar surface area (TPSA) is 26.3 Å². The van der Waals surface area contributed by atoms with Gasteiger partial charge in [-0.15, -0.1) is 0 Å². The minimum absolute atomic E-state index is 0.0378. The molecule has 0 bridgehead atoms. The van der Waals surface area contributed by atoms with Crippen LogP contribution in [0.4, 0.5) is 4.39 Å². The number of ketones is 1. The maximum absolute atomic E-state index is 13.3. The molecule has 1 aliphatic rings. The number of benzene rings is 1. The lowest BCUT2D eigenvalue weighted by atomic mass is 9.92. The summed E-state index contributed by atoms with van der Waals surface area (Å²) in [4.78, 5) is 12.0. The Kier molecular flexibility index (Phi) is 3.89. The molecule has 0 saturated carbocycles. The number of halogens is 1. The van der Waals surface area contributed by atoms with Gasteiger partial charge in [0.15, 0.2) is 5.78 Å². The van der Waals surface area contributed by atoms with Gasteiger partial charge in [0, 0.05) is 25.2 Å². The Morgan fingerprint density at radius 3 is 2.76 bits per heavy atom. The molecular formula is C14H17FO2. The lowest BCUT2D eigenvalue weighted by molar-refractivity contribution is 0.0601. The normalized spacial score (nSPS) is 17.1. The molecule has 0 aromatic heterocycles. The minimum Gasteiger partial charge on any atom is -0.381 e. The van der Waals surface area contributed by atoms with Gasteiger partial charge < -0.3 is 4.74 Å². The number of carbonyl (C=O) groups is 1. The van der Waals surface area contributed by atoms with E-state index in [1.807, 2.05) is 0 Å². The van der Waals surface area contributed by atoms with Crippen LogP contribution in [0.25, 0.3) is 0 Å². The SMILES string of the molecule is Cc1ccc(C(=O)CC2CCOCC2)cc1F. The van der Waals surface area contributed by atoms with E-state index in [4.69, 9.17) is 4.74 Å². The Labute approximate surface area is 101 Å². The van der Waals surface area contributed by atoms with Crippen molar-refractivity contribution in [2.45, 2.75) is 26.2 Å². The van der Waals surface area contributed by atoms with Crippen molar-refractivity contribution in [3.63, 3.8) is 0 Å². The number of carbonyl (C=O) groups excluding carboxylic acids is 1. The number of rotatable bonds is 3. The summed E-state index contributed by atoms with van der Waals surface area (Å²) in [5.41, 5.74) is 1.06. The van der Waals surface area contributed by atoms with Gasteiger partial charge >= 0.3 is 0 Å². The summed E-state index contributed by atoms with van der Waals surface area (Å²) in [6.45, 7) is 3.17. The maximum Gasteiger partial charge on any atom is 0.163 e. The lowest BCUT2D eigenvalue weighted by Gasteiger charge is -2.21. The molecule has 1 aromatic carbocycles. The highest BCUT2D eigenvalue weighted by Crippen LogP contribution is 2.21. The molecule has 1 aliphatic heterocycles. The van der Waals surface area contributed by atoms with Gasteiger partial charge in [-0.1, -0.05) is 12.1 Å². The first-order valence-electron chi connectivity index (χ1n) is 6.04. The van der Waals surface area contributed by atoms with Crippen molar-refractivity contribution in [1.82, 2.24) is 0 Å². The predicted octanol–water partition coefficient (Wildman–Crippen LogP) is 3.13. The quantitative estimate of drug-likeness (QED) is 0.754. The number of aryl methyl sites for hydroxylation is 1. The van der Waals surface area contributed by atoms with Crippen LogP contribution in [0.3, 0.4) is 0 Å². The molecule has 2 rings (SSSR count). The second-order valence-electron chi connectivity index (χ2n) is 4.65. The van der Waals surface area contributed by atoms with Gasteiger partial charge in [-0.05, 0) is 37.3 Å². The van der Waals surface area contributed by atoms with E-state index in [0.717, 1.165) is 26.1 Å². The van der Waals surface area contributed by atoms with Gasteiger partial charge in [0.05, 0.1) is 0 Å². The first kappa shape index (κ1) is 12.2. The molecule has 0 amide bonds. The van der Waals surface area contributed by atoms with E-state index in [1.165, 1.54) is 6.07 Å². The summed E-state index contributed by atoms with van der Waals surface area (Å²) in [7, 11) is 0. The third-order valence-corrected chi connectivity index (χ3v) is 3.31. The summed E-state index contributed by atoms with van der Waals surface area (Å²) in [5.74, 6) is 0.124. The number of ether oxygens (including phenoxy) is 1. The smallest absolute Gasteiger partial charge is 0.163 e. The monoisotopic (exact) mass is 236 g/mol. The highest BCUT2D eigenvalue weighted by molar-refractivity contribution is 5.96. The summed E-state index contributed by atoms with van der Waals surface area (Å²) in [6.07, 6.45) is 2.37. The average molecular weight is 236 g/mol. The predicted molar refractivity (Wildman–Crippen MR) is 63.6 cm³/mol. The Morgan fingerprint density at radius 1 is 1.41 bits per heavy atom. The van der Waals surface area contributed by atoms with Crippen LogP contribution in [0.15, 0.2) is 18.2 Å². The van der Waals surface area contributed by atoms with E-state index in [0.29, 0.717) is 23.5 Å². The molecule has 1 heterocycles. The van der Waals surface area contributed by atoms with Gasteiger partial charge in [0.25, 0.3) is 0 Å². The molecule has 92 valence electrons. The zero-order valence-electron chi connectivity index (χ0n) is 10.0. The highest BCUT2D eigenvalue weighted by atomic mass is 19.1. The number of Topliss-reactive ketones (excluding diaryl/α,β-unsaturated/α-hetero) is 1. The van der Waals surface area contributed by atoms with Gasteiger partial charge in [-0.2, -0.15) is 0 Å². The Hall–Kier alpha value is -1.22. The molecule has 1 aromatic rings. The fourth-order valence-electron chi connectivity index (χ4n) is 2.10. The largest absolute Gasteiger partial charge is 0.381 e. The number of hydrogen-bond acceptors (Lipinski definition) is 2. The van der Waals surface area contributed by atoms with Crippen molar-refractivity contribution in [3.05, 3.63) is 35.1 Å². The van der Waals surface area contributed by atoms with Gasteiger partial charge in [0.1, 0.15) is 5.82 Å². The van der Waals surface area contributed by atoms with Crippen molar-refractivity contribution in [1.29, 1.82) is 0 Å². The van der Waals surface area contributed by atoms with E-state index < -0.39 is 0 Å². The van der Waals surface area contributed by atoms with Gasteiger partial charge in [-0.3, -0.25) is 4.79 Å². The van der Waals surface area contributed by atoms with Crippen LogP contribution in [0.1, 0.15) is 35.2 Å². The van der Waals surface area contributed by atoms with Gasteiger partial charge in [-0.25, -0.2) is 4.39 Å². The molecule has 3 heteroatoms. The van der Waals surface area contributed by atoms with Crippen molar-refractivity contribution in [2.75, 3.05) is 13.2 Å². The van der Waals surface area contributed by atoms with E-state index in [2.05, 4.69) is 0 Å². The third-order valence-electron chi connectivity index (χ3n) is 3.31. The molecule has 0 radical (unpaired) electrons. The van der Waals surface area contributed by atoms with Crippen LogP contribution in [-0.2, 0) is 4.74 Å². The zero-order chi connectivity index (χ0) is 12.3. The van der Waals surface area contributed by atoms with Crippen LogP contribution < -0.4 is 0 Å². The molecule has 0 spiro atoms. The highest BCUT2D eigenvalue weighted by Gasteiger charge is 2.18. The van der Waals surface area contributed by atoms with Crippen molar-refractivity contribution >= 4 is 5.78 Å². The fraction of sp³-hybridized carbons (Fsp3) is 0.500. The van der Waals surface area contributed by atoms with Crippen molar-refractivity contribution < 1.29 is 13.9 Å². The zero-order valence-corrected chi connectivity index (χ0v) is 10.0. The van der Waals surface area contributed by atoms with E-state index >= 15 is 0 Å². The van der Waals surface area contributed by atoms with Crippen molar-refractivity contribution in [3.8, 4) is 0 Å². The molecule has 17 heavy (non-hydrogen) atoms. The maximum atomic E-state index is 13.3. The molecule has 2 nitrogen and oxygen atoms in total. The summed E-state index contributed by atoms with van der Waals surface area (Å²) in [5, 5.41) is 0. The molecule has 1 saturated heterocycles. The first-order valence-corrected chi connectivity index (χ1v) is 6.04. The summed E-state index contributed by atoms with van der Waals surface area (Å²) in [6, 6.07) is 4.71. The third kappa shape index (κ3) is 3.13. The molecule has 0 unspecified atom stereocenters. The van der Waals surface area contributed by atoms with Crippen LogP contribution in [0.5, 0.6) is 0 Å². The molecule has 0 aliphatic carbocycles. The lowest BCUT2D eigenvalue weighted by Crippen LogP contribution is -2.18. The Morgan fingerprint density at radius 2 is 2.12 bits per heavy atom. The van der Waals surface area contributed by atoms with Crippen LogP contribution in [-0.4, -0.2) is 19.0 Å². The Bertz CT molecular complexity index is 409. The molecule has 0 atom stereocenters. The second kappa shape index (κ2) is 5.41. The number of hydrogen-bond donors (Lipinski definition) is 0. The summed E-state index contributed by atoms with van der Waals surface area (Å²) >= 11 is 0. The van der Waals surface area contributed by atoms with Crippen molar-refractivity contribution in [2.24, 2.45) is 5.92 Å². The van der Waals surface area contributed by atoms with E-state index in [-0.39, 0.29) is 11.6 Å². The standard InChI is InChI=1S/C14H17FO2/c1-10-2-3-12(9-13(10)15)14(16)8-11-4-6-17-7-5-11/h2-3,9,11H,4-8H2,1H3. The van der Waals surface area contributed by atoms with Crippen LogP contribution in [0, 0.1) is 18.7 Å². The van der Waals surface area contributed by atoms with E-state index in [9.17, 15) is 9.18 Å². The Balaban J connectivity index is 2.01. The second-order valence-corrected chi connectivity index (χ2v) is 4.65. The van der Waals surface area contributed by atoms with E-state index in [1.54, 1.807) is 19.1 Å². The van der Waals surface area contributed by atoms with Gasteiger partial charge in [0.2, 0.25) is 0 Å². The molecule has 1 fully saturated rings. The fourth-order valence-corrected chi connectivity index (χ4v) is 2.10. The minimum atomic E-state index is -0.303. The average Bonchev–Trinajstić information content (AvgIpc) is 2.34. The van der Waals surface area contributed by atoms with Crippen LogP contribution in [0.2, 0.25) is 0 Å². The molecule has 0 N–H and O–H groups in total. The van der Waals surface area contributed by atoms with Crippen LogP contribution >= 0.6 is 0 Å². The molecular weight excluding hydrogens is 219 g/mol. The summed E-state index contributed by atoms with van der Waals surface area (Å²) < 4.78 is 18.6.